The van der Waals surface area contributed by atoms with E-state index >= 15 is 0 Å². The molecular formula is C19H14F6O4. The van der Waals surface area contributed by atoms with Crippen molar-refractivity contribution in [1.29, 1.82) is 0 Å². The summed E-state index contributed by atoms with van der Waals surface area (Å²) in [5.41, 5.74) is -0.228. The van der Waals surface area contributed by atoms with Crippen molar-refractivity contribution in [3.05, 3.63) is 59.7 Å². The SMILES string of the molecule is CCOc1ccc(C=CC(=O)c2cc(OC(F)(F)F)ccc2OC(F)(F)F)cc1. The molecule has 2 aromatic carbocycles. The average molecular weight is 420 g/mol. The van der Waals surface area contributed by atoms with Gasteiger partial charge >= 0.3 is 12.7 Å². The molecule has 0 aromatic heterocycles. The molecule has 29 heavy (non-hydrogen) atoms. The summed E-state index contributed by atoms with van der Waals surface area (Å²) in [6.07, 6.45) is -8.02. The summed E-state index contributed by atoms with van der Waals surface area (Å²) in [4.78, 5) is 12.3. The summed E-state index contributed by atoms with van der Waals surface area (Å²) in [6, 6.07) is 8.12. The Morgan fingerprint density at radius 3 is 2.03 bits per heavy atom. The number of halogens is 6. The second-order valence-electron chi connectivity index (χ2n) is 5.45. The predicted molar refractivity (Wildman–Crippen MR) is 90.8 cm³/mol. The number of benzene rings is 2. The predicted octanol–water partition coefficient (Wildman–Crippen LogP) is 5.78. The van der Waals surface area contributed by atoms with Crippen LogP contribution in [0.3, 0.4) is 0 Å². The number of carbonyl (C=O) groups excluding carboxylic acids is 1. The van der Waals surface area contributed by atoms with Crippen LogP contribution in [0.5, 0.6) is 17.2 Å². The monoisotopic (exact) mass is 420 g/mol. The Labute approximate surface area is 161 Å². The van der Waals surface area contributed by atoms with Crippen LogP contribution in [0.25, 0.3) is 6.08 Å². The van der Waals surface area contributed by atoms with Crippen molar-refractivity contribution >= 4 is 11.9 Å². The minimum Gasteiger partial charge on any atom is -0.494 e. The van der Waals surface area contributed by atoms with Crippen LogP contribution in [-0.2, 0) is 0 Å². The third-order valence-corrected chi connectivity index (χ3v) is 3.29. The van der Waals surface area contributed by atoms with Crippen LogP contribution >= 0.6 is 0 Å². The average Bonchev–Trinajstić information content (AvgIpc) is 2.60. The van der Waals surface area contributed by atoms with Gasteiger partial charge in [-0.1, -0.05) is 18.2 Å². The highest BCUT2D eigenvalue weighted by Gasteiger charge is 2.34. The molecule has 0 saturated heterocycles. The zero-order chi connectivity index (χ0) is 21.7. The van der Waals surface area contributed by atoms with E-state index in [1.165, 1.54) is 6.08 Å². The van der Waals surface area contributed by atoms with Crippen molar-refractivity contribution in [3.8, 4) is 17.2 Å². The highest BCUT2D eigenvalue weighted by molar-refractivity contribution is 6.08. The second-order valence-corrected chi connectivity index (χ2v) is 5.45. The number of carbonyl (C=O) groups is 1. The molecule has 0 amide bonds. The van der Waals surface area contributed by atoms with Gasteiger partial charge in [0.05, 0.1) is 12.2 Å². The van der Waals surface area contributed by atoms with Crippen molar-refractivity contribution in [2.75, 3.05) is 6.61 Å². The lowest BCUT2D eigenvalue weighted by Gasteiger charge is -2.14. The van der Waals surface area contributed by atoms with Crippen LogP contribution in [-0.4, -0.2) is 25.1 Å². The highest BCUT2D eigenvalue weighted by atomic mass is 19.4. The molecule has 0 aliphatic heterocycles. The maximum absolute atomic E-state index is 12.5. The Morgan fingerprint density at radius 2 is 1.48 bits per heavy atom. The van der Waals surface area contributed by atoms with Crippen molar-refractivity contribution in [2.45, 2.75) is 19.6 Å². The number of hydrogen-bond acceptors (Lipinski definition) is 4. The van der Waals surface area contributed by atoms with E-state index in [1.54, 1.807) is 31.2 Å². The molecule has 156 valence electrons. The van der Waals surface area contributed by atoms with E-state index in [0.29, 0.717) is 36.1 Å². The number of ether oxygens (including phenoxy) is 3. The Morgan fingerprint density at radius 1 is 0.897 bits per heavy atom. The molecule has 0 saturated carbocycles. The van der Waals surface area contributed by atoms with E-state index in [4.69, 9.17) is 4.74 Å². The molecule has 4 nitrogen and oxygen atoms in total. The molecule has 0 fully saturated rings. The number of alkyl halides is 6. The Kier molecular flexibility index (Phi) is 6.78. The Hall–Kier alpha value is -3.17. The number of allylic oxidation sites excluding steroid dienone is 1. The molecule has 2 rings (SSSR count). The first-order chi connectivity index (χ1) is 13.5. The third-order valence-electron chi connectivity index (χ3n) is 3.29. The number of ketones is 1. The van der Waals surface area contributed by atoms with Gasteiger partial charge in [-0.25, -0.2) is 0 Å². The standard InChI is InChI=1S/C19H14F6O4/c1-2-27-13-6-3-12(4-7-13)5-9-16(26)15-11-14(28-18(20,21)22)8-10-17(15)29-19(23,24)25/h3-11H,2H2,1H3. The first-order valence-electron chi connectivity index (χ1n) is 8.07. The molecule has 0 spiro atoms. The first-order valence-corrected chi connectivity index (χ1v) is 8.07. The smallest absolute Gasteiger partial charge is 0.494 e. The van der Waals surface area contributed by atoms with Gasteiger partial charge in [0, 0.05) is 0 Å². The molecule has 10 heteroatoms. The summed E-state index contributed by atoms with van der Waals surface area (Å²) < 4.78 is 87.3. The lowest BCUT2D eigenvalue weighted by atomic mass is 10.1. The zero-order valence-electron chi connectivity index (χ0n) is 14.8. The fraction of sp³-hybridized carbons (Fsp3) is 0.211. The van der Waals surface area contributed by atoms with Crippen LogP contribution in [0, 0.1) is 0 Å². The topological polar surface area (TPSA) is 44.8 Å². The van der Waals surface area contributed by atoms with E-state index in [0.717, 1.165) is 6.08 Å². The number of rotatable bonds is 7. The van der Waals surface area contributed by atoms with Gasteiger partial charge < -0.3 is 14.2 Å². The normalized spacial score (nSPS) is 12.1. The van der Waals surface area contributed by atoms with Crippen LogP contribution in [0.15, 0.2) is 48.5 Å². The minimum absolute atomic E-state index is 0.450. The summed E-state index contributed by atoms with van der Waals surface area (Å²) >= 11 is 0. The van der Waals surface area contributed by atoms with Gasteiger partial charge in [-0.15, -0.1) is 26.3 Å². The van der Waals surface area contributed by atoms with Gasteiger partial charge in [-0.3, -0.25) is 4.79 Å². The van der Waals surface area contributed by atoms with Gasteiger partial charge in [-0.2, -0.15) is 0 Å². The van der Waals surface area contributed by atoms with Crippen LogP contribution < -0.4 is 14.2 Å². The van der Waals surface area contributed by atoms with Crippen molar-refractivity contribution in [2.24, 2.45) is 0 Å². The largest absolute Gasteiger partial charge is 0.573 e. The van der Waals surface area contributed by atoms with Gasteiger partial charge in [-0.05, 0) is 48.9 Å². The zero-order valence-corrected chi connectivity index (χ0v) is 14.8. The van der Waals surface area contributed by atoms with Gasteiger partial charge in [0.2, 0.25) is 0 Å². The lowest BCUT2D eigenvalue weighted by Crippen LogP contribution is -2.20. The summed E-state index contributed by atoms with van der Waals surface area (Å²) in [5.74, 6) is -2.24. The van der Waals surface area contributed by atoms with Crippen molar-refractivity contribution in [3.63, 3.8) is 0 Å². The third kappa shape index (κ3) is 7.40. The Balaban J connectivity index is 2.30. The van der Waals surface area contributed by atoms with E-state index < -0.39 is 35.6 Å². The fourth-order valence-corrected chi connectivity index (χ4v) is 2.22. The molecule has 2 aromatic rings. The van der Waals surface area contributed by atoms with Gasteiger partial charge in [0.15, 0.2) is 5.78 Å². The molecule has 0 bridgehead atoms. The number of hydrogen-bond donors (Lipinski definition) is 0. The minimum atomic E-state index is -5.14. The second kappa shape index (κ2) is 8.89. The van der Waals surface area contributed by atoms with E-state index in [-0.39, 0.29) is 0 Å². The fourth-order valence-electron chi connectivity index (χ4n) is 2.22. The lowest BCUT2D eigenvalue weighted by molar-refractivity contribution is -0.277. The van der Waals surface area contributed by atoms with Crippen LogP contribution in [0.1, 0.15) is 22.8 Å². The molecular weight excluding hydrogens is 406 g/mol. The molecule has 0 aliphatic carbocycles. The summed E-state index contributed by atoms with van der Waals surface area (Å²) in [7, 11) is 0. The maximum Gasteiger partial charge on any atom is 0.573 e. The van der Waals surface area contributed by atoms with E-state index in [2.05, 4.69) is 9.47 Å². The quantitative estimate of drug-likeness (QED) is 0.324. The molecule has 0 radical (unpaired) electrons. The van der Waals surface area contributed by atoms with E-state index in [1.807, 2.05) is 0 Å². The molecule has 0 heterocycles. The van der Waals surface area contributed by atoms with Crippen molar-refractivity contribution < 1.29 is 45.3 Å². The highest BCUT2D eigenvalue weighted by Crippen LogP contribution is 2.32. The van der Waals surface area contributed by atoms with E-state index in [9.17, 15) is 31.1 Å². The summed E-state index contributed by atoms with van der Waals surface area (Å²) in [6.45, 7) is 2.25. The summed E-state index contributed by atoms with van der Waals surface area (Å²) in [5, 5.41) is 0. The molecule has 0 unspecified atom stereocenters. The van der Waals surface area contributed by atoms with Crippen molar-refractivity contribution in [1.82, 2.24) is 0 Å². The van der Waals surface area contributed by atoms with Crippen LogP contribution in [0.2, 0.25) is 0 Å². The molecule has 0 aliphatic rings. The van der Waals surface area contributed by atoms with Crippen LogP contribution in [0.4, 0.5) is 26.3 Å². The van der Waals surface area contributed by atoms with Gasteiger partial charge in [0.25, 0.3) is 0 Å². The molecule has 0 atom stereocenters. The maximum atomic E-state index is 12.5. The Bertz CT molecular complexity index is 870. The first kappa shape index (κ1) is 22.1. The molecule has 0 N–H and O–H groups in total. The van der Waals surface area contributed by atoms with Gasteiger partial charge in [0.1, 0.15) is 17.2 Å².